The molecule has 38 heavy (non-hydrogen) atoms. The molecule has 1 aliphatic rings. The van der Waals surface area contributed by atoms with Crippen LogP contribution in [0.25, 0.3) is 0 Å². The van der Waals surface area contributed by atoms with Gasteiger partial charge in [-0.15, -0.1) is 0 Å². The summed E-state index contributed by atoms with van der Waals surface area (Å²) in [6.45, 7) is 11.5. The summed E-state index contributed by atoms with van der Waals surface area (Å²) in [4.78, 5) is 44.9. The average molecular weight is 557 g/mol. The van der Waals surface area contributed by atoms with Gasteiger partial charge in [-0.05, 0) is 40.5 Å². The number of ether oxygens (including phenoxy) is 3. The van der Waals surface area contributed by atoms with E-state index in [1.165, 1.54) is 11.7 Å². The highest BCUT2D eigenvalue weighted by Crippen LogP contribution is 2.21. The number of carbonyl (C=O) groups excluding carboxylic acids is 2. The Hall–Kier alpha value is -3.36. The summed E-state index contributed by atoms with van der Waals surface area (Å²) in [7, 11) is 0. The van der Waals surface area contributed by atoms with E-state index in [0.717, 1.165) is 36.8 Å². The van der Waals surface area contributed by atoms with Crippen molar-refractivity contribution in [1.29, 1.82) is 0 Å². The summed E-state index contributed by atoms with van der Waals surface area (Å²) in [6.07, 6.45) is 4.15. The molecule has 0 radical (unpaired) electrons. The summed E-state index contributed by atoms with van der Waals surface area (Å²) >= 11 is 1.19. The van der Waals surface area contributed by atoms with E-state index in [4.69, 9.17) is 24.4 Å². The van der Waals surface area contributed by atoms with Gasteiger partial charge in [0.25, 0.3) is 0 Å². The van der Waals surface area contributed by atoms with Crippen LogP contribution < -0.4 is 10.2 Å². The molecule has 0 aromatic carbocycles. The maximum Gasteiger partial charge on any atom is 0.331 e. The van der Waals surface area contributed by atoms with Crippen molar-refractivity contribution in [2.75, 3.05) is 44.4 Å². The van der Waals surface area contributed by atoms with Crippen LogP contribution in [0.15, 0.2) is 24.3 Å². The first-order valence-corrected chi connectivity index (χ1v) is 12.7. The predicted molar refractivity (Wildman–Crippen MR) is 139 cm³/mol. The third-order valence-corrected chi connectivity index (χ3v) is 5.26. The number of nitrogens with zero attached hydrogens (tertiary/aromatic N) is 3. The van der Waals surface area contributed by atoms with Crippen LogP contribution in [0, 0.1) is 0 Å². The van der Waals surface area contributed by atoms with E-state index in [-0.39, 0.29) is 18.2 Å². The molecule has 1 aromatic heterocycles. The molecule has 1 atom stereocenters. The first kappa shape index (κ1) is 32.7. The number of morpholine rings is 1. The first-order chi connectivity index (χ1) is 17.9. The lowest BCUT2D eigenvalue weighted by Crippen LogP contribution is -2.42. The molecule has 0 aliphatic carbocycles. The van der Waals surface area contributed by atoms with Gasteiger partial charge in [0.05, 0.1) is 37.2 Å². The smallest absolute Gasteiger partial charge is 0.331 e. The van der Waals surface area contributed by atoms with Crippen molar-refractivity contribution in [1.82, 2.24) is 14.1 Å². The molecule has 0 amide bonds. The molecule has 2 rings (SSSR count). The van der Waals surface area contributed by atoms with Gasteiger partial charge in [0.1, 0.15) is 6.10 Å². The van der Waals surface area contributed by atoms with E-state index < -0.39 is 23.9 Å². The van der Waals surface area contributed by atoms with Crippen LogP contribution in [0.5, 0.6) is 0 Å². The van der Waals surface area contributed by atoms with Crippen molar-refractivity contribution in [3.8, 4) is 0 Å². The fourth-order valence-corrected chi connectivity index (χ4v) is 3.58. The van der Waals surface area contributed by atoms with Gasteiger partial charge in [-0.1, -0.05) is 0 Å². The number of esters is 2. The Bertz CT molecular complexity index is 950. The molecule has 2 heterocycles. The summed E-state index contributed by atoms with van der Waals surface area (Å²) in [6, 6.07) is 0. The number of aromatic nitrogens is 2. The van der Waals surface area contributed by atoms with Gasteiger partial charge in [0.2, 0.25) is 0 Å². The molecule has 1 aliphatic heterocycles. The van der Waals surface area contributed by atoms with E-state index in [1.807, 2.05) is 20.8 Å². The molecule has 0 saturated carbocycles. The minimum atomic E-state index is -1.26. The van der Waals surface area contributed by atoms with Crippen LogP contribution in [0.3, 0.4) is 0 Å². The maximum absolute atomic E-state index is 12.2. The minimum Gasteiger partial charge on any atom is -0.478 e. The summed E-state index contributed by atoms with van der Waals surface area (Å²) in [5, 5.41) is 19.0. The van der Waals surface area contributed by atoms with Crippen molar-refractivity contribution in [3.05, 3.63) is 30.0 Å². The Morgan fingerprint density at radius 1 is 1.05 bits per heavy atom. The second-order valence-electron chi connectivity index (χ2n) is 8.96. The van der Waals surface area contributed by atoms with Crippen molar-refractivity contribution >= 4 is 41.4 Å². The third kappa shape index (κ3) is 15.0. The van der Waals surface area contributed by atoms with Gasteiger partial charge in [-0.2, -0.15) is 8.75 Å². The van der Waals surface area contributed by atoms with Crippen molar-refractivity contribution in [3.63, 3.8) is 0 Å². The van der Waals surface area contributed by atoms with E-state index in [0.29, 0.717) is 44.8 Å². The highest BCUT2D eigenvalue weighted by Gasteiger charge is 2.22. The van der Waals surface area contributed by atoms with E-state index in [1.54, 1.807) is 6.92 Å². The van der Waals surface area contributed by atoms with Crippen LogP contribution in [-0.4, -0.2) is 93.9 Å². The number of rotatable bonds is 12. The molecule has 1 aromatic rings. The molecular weight excluding hydrogens is 520 g/mol. The summed E-state index contributed by atoms with van der Waals surface area (Å²) in [5.41, 5.74) is 0.785. The van der Waals surface area contributed by atoms with Crippen LogP contribution >= 0.6 is 11.7 Å². The van der Waals surface area contributed by atoms with Crippen molar-refractivity contribution in [2.24, 2.45) is 0 Å². The molecular formula is C24H36N4O9S. The lowest BCUT2D eigenvalue weighted by atomic mass is 10.1. The van der Waals surface area contributed by atoms with Crippen molar-refractivity contribution < 1.29 is 43.6 Å². The Morgan fingerprint density at radius 2 is 1.66 bits per heavy atom. The number of carboxylic acids is 2. The van der Waals surface area contributed by atoms with Gasteiger partial charge in [0, 0.05) is 49.5 Å². The fourth-order valence-electron chi connectivity index (χ4n) is 2.97. The molecule has 0 bridgehead atoms. The number of carboxylic acid groups (broad SMARTS) is 2. The topological polar surface area (TPSA) is 177 Å². The predicted octanol–water partition coefficient (Wildman–Crippen LogP) is 1.44. The fraction of sp³-hybridized carbons (Fsp3) is 0.583. The lowest BCUT2D eigenvalue weighted by molar-refractivity contribution is -0.144. The zero-order chi connectivity index (χ0) is 28.6. The Balaban J connectivity index is 0.000000781. The average Bonchev–Trinajstić information content (AvgIpc) is 3.32. The Kier molecular flexibility index (Phi) is 14.8. The number of aliphatic carboxylic acids is 2. The van der Waals surface area contributed by atoms with Gasteiger partial charge < -0.3 is 34.6 Å². The maximum atomic E-state index is 12.2. The van der Waals surface area contributed by atoms with Gasteiger partial charge >= 0.3 is 23.9 Å². The Morgan fingerprint density at radius 3 is 2.21 bits per heavy atom. The number of hydrogen-bond donors (Lipinski definition) is 3. The van der Waals surface area contributed by atoms with Crippen molar-refractivity contribution in [2.45, 2.75) is 52.2 Å². The van der Waals surface area contributed by atoms with E-state index in [2.05, 4.69) is 19.0 Å². The number of hydrogen-bond acceptors (Lipinski definition) is 12. The van der Waals surface area contributed by atoms with Crippen LogP contribution in [-0.2, 0) is 39.8 Å². The number of carbonyl (C=O) groups is 4. The molecule has 1 saturated heterocycles. The number of aryl methyl sites for hydroxylation is 1. The first-order valence-electron chi connectivity index (χ1n) is 12.0. The second-order valence-corrected chi connectivity index (χ2v) is 9.49. The largest absolute Gasteiger partial charge is 0.478 e. The normalized spacial score (nSPS) is 14.6. The summed E-state index contributed by atoms with van der Waals surface area (Å²) < 4.78 is 24.7. The zero-order valence-electron chi connectivity index (χ0n) is 22.0. The van der Waals surface area contributed by atoms with Crippen LogP contribution in [0.1, 0.15) is 39.8 Å². The summed E-state index contributed by atoms with van der Waals surface area (Å²) in [5.74, 6) is -2.77. The van der Waals surface area contributed by atoms with Crippen LogP contribution in [0.2, 0.25) is 0 Å². The molecule has 0 spiro atoms. The minimum absolute atomic E-state index is 0.118. The quantitative estimate of drug-likeness (QED) is 0.249. The number of anilines is 1. The third-order valence-electron chi connectivity index (χ3n) is 4.70. The molecule has 0 unspecified atom stereocenters. The number of nitrogens with one attached hydrogen (secondary N) is 1. The van der Waals surface area contributed by atoms with Gasteiger partial charge in [-0.25, -0.2) is 19.2 Å². The van der Waals surface area contributed by atoms with E-state index in [9.17, 15) is 19.2 Å². The zero-order valence-corrected chi connectivity index (χ0v) is 22.9. The second kappa shape index (κ2) is 17.2. The molecule has 212 valence electrons. The highest BCUT2D eigenvalue weighted by atomic mass is 32.1. The lowest BCUT2D eigenvalue weighted by Gasteiger charge is -2.27. The monoisotopic (exact) mass is 556 g/mol. The molecule has 13 nitrogen and oxygen atoms in total. The van der Waals surface area contributed by atoms with E-state index >= 15 is 0 Å². The van der Waals surface area contributed by atoms with Crippen LogP contribution in [0.4, 0.5) is 5.82 Å². The molecule has 1 fully saturated rings. The highest BCUT2D eigenvalue weighted by molar-refractivity contribution is 6.99. The molecule has 3 N–H and O–H groups in total. The molecule has 14 heteroatoms. The SMILES string of the molecule is CCOC(=O)/C=C\C(=O)O[C@H](CCc1nsnc1N1CCOCC1)CNC(C)(C)C.O=C(O)/C=C\C(=O)O. The van der Waals surface area contributed by atoms with Gasteiger partial charge in [0.15, 0.2) is 5.82 Å². The standard InChI is InChI=1S/C20H32N4O5S.C4H4O4/c1-5-28-17(25)8-9-18(26)29-15(14-21-20(2,3)4)6-7-16-19(23-30-22-16)24-10-12-27-13-11-24;5-3(6)1-2-4(7)8/h8-9,15,21H,5-7,10-14H2,1-4H3;1-2H,(H,5,6)(H,7,8)/b9-8-;2-1-/t15-;/m1./s1. The van der Waals surface area contributed by atoms with Gasteiger partial charge in [-0.3, -0.25) is 0 Å². The Labute approximate surface area is 225 Å².